The van der Waals surface area contributed by atoms with Gasteiger partial charge in [-0.2, -0.15) is 0 Å². The predicted octanol–water partition coefficient (Wildman–Crippen LogP) is 1.15. The third-order valence-electron chi connectivity index (χ3n) is 1.49. The van der Waals surface area contributed by atoms with E-state index in [2.05, 4.69) is 4.98 Å². The number of rotatable bonds is 3. The fourth-order valence-corrected chi connectivity index (χ4v) is 1.04. The Balaban J connectivity index is 2.73. The molecule has 66 valence electrons. The Morgan fingerprint density at radius 2 is 2.33 bits per heavy atom. The first-order chi connectivity index (χ1) is 5.74. The monoisotopic (exact) mass is 187 g/mol. The number of halogens is 1. The van der Waals surface area contributed by atoms with Crippen molar-refractivity contribution in [1.82, 2.24) is 4.98 Å². The van der Waals surface area contributed by atoms with Crippen LogP contribution in [0, 0.1) is 0 Å². The van der Waals surface area contributed by atoms with Gasteiger partial charge in [-0.1, -0.05) is 11.6 Å². The lowest BCUT2D eigenvalue weighted by Crippen LogP contribution is -2.02. The molecule has 0 spiro atoms. The molecule has 0 saturated heterocycles. The summed E-state index contributed by atoms with van der Waals surface area (Å²) in [6, 6.07) is 3.22. The Morgan fingerprint density at radius 1 is 1.58 bits per heavy atom. The van der Waals surface area contributed by atoms with Gasteiger partial charge >= 0.3 is 0 Å². The van der Waals surface area contributed by atoms with Crippen molar-refractivity contribution >= 4 is 11.6 Å². The maximum absolute atomic E-state index is 9.36. The molecule has 0 aromatic carbocycles. The number of hydrogen-bond acceptors (Lipinski definition) is 3. The summed E-state index contributed by atoms with van der Waals surface area (Å²) in [6.07, 6.45) is 1.08. The zero-order valence-electron chi connectivity index (χ0n) is 6.44. The van der Waals surface area contributed by atoms with E-state index in [1.165, 1.54) is 6.20 Å². The molecule has 12 heavy (non-hydrogen) atoms. The summed E-state index contributed by atoms with van der Waals surface area (Å²) in [4.78, 5) is 3.91. The minimum Gasteiger partial charge on any atom is -0.396 e. The van der Waals surface area contributed by atoms with E-state index in [4.69, 9.17) is 16.7 Å². The van der Waals surface area contributed by atoms with Gasteiger partial charge in [0, 0.05) is 24.2 Å². The Labute approximate surface area is 75.6 Å². The minimum atomic E-state index is -0.728. The lowest BCUT2D eigenvalue weighted by molar-refractivity contribution is 0.130. The summed E-state index contributed by atoms with van der Waals surface area (Å²) in [5, 5.41) is 18.4. The number of aliphatic hydroxyl groups excluding tert-OH is 2. The number of nitrogens with zero attached hydrogens (tertiary/aromatic N) is 1. The molecule has 1 unspecified atom stereocenters. The van der Waals surface area contributed by atoms with Crippen LogP contribution in [0.1, 0.15) is 18.2 Å². The van der Waals surface area contributed by atoms with E-state index in [0.29, 0.717) is 10.7 Å². The number of hydrogen-bond donors (Lipinski definition) is 2. The standard InChI is InChI=1S/C8H10ClNO2/c9-6-1-3-10-7(5-6)8(12)2-4-11/h1,3,5,8,11-12H,2,4H2. The summed E-state index contributed by atoms with van der Waals surface area (Å²) in [5.41, 5.74) is 0.497. The van der Waals surface area contributed by atoms with Crippen LogP contribution in [0.4, 0.5) is 0 Å². The van der Waals surface area contributed by atoms with Crippen LogP contribution < -0.4 is 0 Å². The van der Waals surface area contributed by atoms with Crippen LogP contribution >= 0.6 is 11.6 Å². The molecular formula is C8H10ClNO2. The van der Waals surface area contributed by atoms with Crippen LogP contribution in [-0.2, 0) is 0 Å². The van der Waals surface area contributed by atoms with Crippen LogP contribution in [-0.4, -0.2) is 21.8 Å². The van der Waals surface area contributed by atoms with Crippen LogP contribution in [0.5, 0.6) is 0 Å². The topological polar surface area (TPSA) is 53.4 Å². The van der Waals surface area contributed by atoms with Crippen molar-refractivity contribution in [1.29, 1.82) is 0 Å². The lowest BCUT2D eigenvalue weighted by atomic mass is 10.2. The summed E-state index contributed by atoms with van der Waals surface area (Å²) < 4.78 is 0. The highest BCUT2D eigenvalue weighted by Crippen LogP contribution is 2.16. The third-order valence-corrected chi connectivity index (χ3v) is 1.72. The lowest BCUT2D eigenvalue weighted by Gasteiger charge is -2.07. The Hall–Kier alpha value is -0.640. The van der Waals surface area contributed by atoms with Gasteiger partial charge < -0.3 is 10.2 Å². The van der Waals surface area contributed by atoms with E-state index < -0.39 is 6.10 Å². The van der Waals surface area contributed by atoms with Gasteiger partial charge in [-0.25, -0.2) is 0 Å². The molecule has 2 N–H and O–H groups in total. The van der Waals surface area contributed by atoms with Crippen molar-refractivity contribution in [2.24, 2.45) is 0 Å². The summed E-state index contributed by atoms with van der Waals surface area (Å²) >= 11 is 5.68. The Bertz CT molecular complexity index is 255. The first-order valence-electron chi connectivity index (χ1n) is 3.64. The van der Waals surface area contributed by atoms with Gasteiger partial charge in [0.05, 0.1) is 11.8 Å². The van der Waals surface area contributed by atoms with Gasteiger partial charge in [-0.05, 0) is 12.1 Å². The highest BCUT2D eigenvalue weighted by Gasteiger charge is 2.07. The molecule has 1 rings (SSSR count). The average Bonchev–Trinajstić information content (AvgIpc) is 2.05. The van der Waals surface area contributed by atoms with E-state index in [0.717, 1.165) is 0 Å². The minimum absolute atomic E-state index is 0.0602. The predicted molar refractivity (Wildman–Crippen MR) is 45.9 cm³/mol. The second-order valence-electron chi connectivity index (χ2n) is 2.43. The quantitative estimate of drug-likeness (QED) is 0.747. The third kappa shape index (κ3) is 2.44. The average molecular weight is 188 g/mol. The first-order valence-corrected chi connectivity index (χ1v) is 4.02. The molecule has 0 aliphatic carbocycles. The van der Waals surface area contributed by atoms with Gasteiger partial charge in [-0.3, -0.25) is 4.98 Å². The molecular weight excluding hydrogens is 178 g/mol. The van der Waals surface area contributed by atoms with E-state index >= 15 is 0 Å². The Morgan fingerprint density at radius 3 is 2.92 bits per heavy atom. The first kappa shape index (κ1) is 9.45. The van der Waals surface area contributed by atoms with Crippen LogP contribution in [0.15, 0.2) is 18.3 Å². The molecule has 0 bridgehead atoms. The van der Waals surface area contributed by atoms with Gasteiger partial charge in [-0.15, -0.1) is 0 Å². The fraction of sp³-hybridized carbons (Fsp3) is 0.375. The molecule has 4 heteroatoms. The Kier molecular flexibility index (Phi) is 3.47. The van der Waals surface area contributed by atoms with Gasteiger partial charge in [0.2, 0.25) is 0 Å². The molecule has 0 fully saturated rings. The van der Waals surface area contributed by atoms with E-state index in [1.807, 2.05) is 0 Å². The molecule has 1 atom stereocenters. The van der Waals surface area contributed by atoms with Crippen molar-refractivity contribution < 1.29 is 10.2 Å². The molecule has 1 aromatic rings. The van der Waals surface area contributed by atoms with Crippen LogP contribution in [0.3, 0.4) is 0 Å². The van der Waals surface area contributed by atoms with Gasteiger partial charge in [0.25, 0.3) is 0 Å². The molecule has 1 heterocycles. The molecule has 3 nitrogen and oxygen atoms in total. The summed E-state index contributed by atoms with van der Waals surface area (Å²) in [7, 11) is 0. The number of aromatic nitrogens is 1. The van der Waals surface area contributed by atoms with Crippen molar-refractivity contribution in [2.45, 2.75) is 12.5 Å². The van der Waals surface area contributed by atoms with Gasteiger partial charge in [0.1, 0.15) is 0 Å². The van der Waals surface area contributed by atoms with Crippen molar-refractivity contribution in [3.8, 4) is 0 Å². The van der Waals surface area contributed by atoms with Crippen molar-refractivity contribution in [3.63, 3.8) is 0 Å². The second kappa shape index (κ2) is 4.40. The molecule has 0 aliphatic rings. The van der Waals surface area contributed by atoms with E-state index in [9.17, 15) is 5.11 Å². The van der Waals surface area contributed by atoms with Crippen molar-refractivity contribution in [3.05, 3.63) is 29.0 Å². The second-order valence-corrected chi connectivity index (χ2v) is 2.86. The summed E-state index contributed by atoms with van der Waals surface area (Å²) in [5.74, 6) is 0. The van der Waals surface area contributed by atoms with Gasteiger partial charge in [0.15, 0.2) is 0 Å². The number of pyridine rings is 1. The van der Waals surface area contributed by atoms with Crippen LogP contribution in [0.25, 0.3) is 0 Å². The maximum atomic E-state index is 9.36. The van der Waals surface area contributed by atoms with Crippen molar-refractivity contribution in [2.75, 3.05) is 6.61 Å². The normalized spacial score (nSPS) is 12.9. The van der Waals surface area contributed by atoms with E-state index in [-0.39, 0.29) is 13.0 Å². The highest BCUT2D eigenvalue weighted by molar-refractivity contribution is 6.30. The molecule has 1 aromatic heterocycles. The largest absolute Gasteiger partial charge is 0.396 e. The highest BCUT2D eigenvalue weighted by atomic mass is 35.5. The SMILES string of the molecule is OCCC(O)c1cc(Cl)ccn1. The zero-order valence-corrected chi connectivity index (χ0v) is 7.20. The summed E-state index contributed by atoms with van der Waals surface area (Å²) in [6.45, 7) is -0.0602. The van der Waals surface area contributed by atoms with Crippen LogP contribution in [0.2, 0.25) is 5.02 Å². The zero-order chi connectivity index (χ0) is 8.97. The molecule has 0 amide bonds. The maximum Gasteiger partial charge on any atom is 0.0982 e. The number of aliphatic hydroxyl groups is 2. The fourth-order valence-electron chi connectivity index (χ4n) is 0.874. The molecule has 0 radical (unpaired) electrons. The smallest absolute Gasteiger partial charge is 0.0982 e. The van der Waals surface area contributed by atoms with E-state index in [1.54, 1.807) is 12.1 Å². The molecule has 0 aliphatic heterocycles. The molecule has 0 saturated carbocycles.